The van der Waals surface area contributed by atoms with Gasteiger partial charge in [-0.15, -0.1) is 0 Å². The number of rotatable bonds is 1. The van der Waals surface area contributed by atoms with Gasteiger partial charge in [0.15, 0.2) is 0 Å². The summed E-state index contributed by atoms with van der Waals surface area (Å²) < 4.78 is 2.06. The monoisotopic (exact) mass is 282 g/mol. The fraction of sp³-hybridized carbons (Fsp3) is 0.375. The number of fused-ring (bicyclic) bond motifs is 2. The molecule has 5 nitrogen and oxygen atoms in total. The quantitative estimate of drug-likeness (QED) is 0.795. The number of carbonyl (C=O) groups is 1. The summed E-state index contributed by atoms with van der Waals surface area (Å²) in [7, 11) is 2.08. The molecule has 108 valence electrons. The summed E-state index contributed by atoms with van der Waals surface area (Å²) in [4.78, 5) is 21.5. The van der Waals surface area contributed by atoms with Crippen LogP contribution in [0.1, 0.15) is 21.7 Å². The number of aryl methyl sites for hydroxylation is 1. The first kappa shape index (κ1) is 12.6. The Morgan fingerprint density at radius 2 is 2.10 bits per heavy atom. The molecule has 2 aromatic heterocycles. The molecule has 0 radical (unpaired) electrons. The molecule has 4 heterocycles. The normalized spacial score (nSPS) is 25.0. The Bertz CT molecular complexity index is 705. The van der Waals surface area contributed by atoms with Crippen molar-refractivity contribution in [2.75, 3.05) is 20.1 Å². The second-order valence-corrected chi connectivity index (χ2v) is 5.90. The predicted octanol–water partition coefficient (Wildman–Crippen LogP) is 1.45. The van der Waals surface area contributed by atoms with E-state index < -0.39 is 5.66 Å². The molecular formula is C16H18N4O. The summed E-state index contributed by atoms with van der Waals surface area (Å²) in [5.74, 6) is 0.108. The maximum atomic E-state index is 12.8. The van der Waals surface area contributed by atoms with E-state index in [1.165, 1.54) is 0 Å². The maximum absolute atomic E-state index is 12.8. The fourth-order valence-electron chi connectivity index (χ4n) is 3.60. The average Bonchev–Trinajstić information content (AvgIpc) is 3.06. The van der Waals surface area contributed by atoms with Crippen LogP contribution in [0.4, 0.5) is 0 Å². The van der Waals surface area contributed by atoms with Gasteiger partial charge >= 0.3 is 0 Å². The third kappa shape index (κ3) is 1.55. The van der Waals surface area contributed by atoms with Crippen molar-refractivity contribution in [2.24, 2.45) is 0 Å². The standard InChI is InChI=1S/C16H18N4O/c1-12-5-6-13(10-17-12)16-11-19-7-3-4-14(19)15(21)20(16)9-8-18(16)2/h3-7,10H,8-9,11H2,1-2H3/t16-/m0/s1. The van der Waals surface area contributed by atoms with E-state index in [-0.39, 0.29) is 5.91 Å². The van der Waals surface area contributed by atoms with Crippen LogP contribution in [0.3, 0.4) is 0 Å². The number of likely N-dealkylation sites (N-methyl/N-ethyl adjacent to an activating group) is 1. The molecule has 0 unspecified atom stereocenters. The van der Waals surface area contributed by atoms with Crippen molar-refractivity contribution in [1.82, 2.24) is 19.4 Å². The zero-order valence-electron chi connectivity index (χ0n) is 12.3. The summed E-state index contributed by atoms with van der Waals surface area (Å²) in [5, 5.41) is 0. The van der Waals surface area contributed by atoms with Crippen LogP contribution in [0.25, 0.3) is 0 Å². The molecule has 1 amide bonds. The van der Waals surface area contributed by atoms with Crippen LogP contribution >= 0.6 is 0 Å². The Morgan fingerprint density at radius 1 is 1.24 bits per heavy atom. The van der Waals surface area contributed by atoms with E-state index in [1.54, 1.807) is 0 Å². The van der Waals surface area contributed by atoms with Gasteiger partial charge in [-0.2, -0.15) is 0 Å². The van der Waals surface area contributed by atoms with Crippen LogP contribution in [0.5, 0.6) is 0 Å². The van der Waals surface area contributed by atoms with Gasteiger partial charge in [0.2, 0.25) is 0 Å². The molecule has 0 saturated carbocycles. The highest BCUT2D eigenvalue weighted by atomic mass is 16.2. The third-order valence-corrected chi connectivity index (χ3v) is 4.80. The van der Waals surface area contributed by atoms with Crippen LogP contribution in [0.2, 0.25) is 0 Å². The minimum atomic E-state index is -0.413. The van der Waals surface area contributed by atoms with Crippen molar-refractivity contribution in [1.29, 1.82) is 0 Å². The number of pyridine rings is 1. The first-order valence-electron chi connectivity index (χ1n) is 7.24. The Morgan fingerprint density at radius 3 is 2.86 bits per heavy atom. The Balaban J connectivity index is 1.91. The predicted molar refractivity (Wildman–Crippen MR) is 78.8 cm³/mol. The van der Waals surface area contributed by atoms with E-state index in [9.17, 15) is 4.79 Å². The van der Waals surface area contributed by atoms with Crippen molar-refractivity contribution >= 4 is 5.91 Å². The number of hydrogen-bond acceptors (Lipinski definition) is 3. The SMILES string of the molecule is Cc1ccc([C@]23Cn4cccc4C(=O)N2CCN3C)cn1. The van der Waals surface area contributed by atoms with Crippen LogP contribution in [0, 0.1) is 6.92 Å². The molecule has 0 aromatic carbocycles. The number of hydrogen-bond donors (Lipinski definition) is 0. The van der Waals surface area contributed by atoms with Crippen LogP contribution in [-0.2, 0) is 12.2 Å². The van der Waals surface area contributed by atoms with Crippen LogP contribution in [0.15, 0.2) is 36.7 Å². The molecule has 2 aliphatic heterocycles. The van der Waals surface area contributed by atoms with Crippen molar-refractivity contribution in [3.05, 3.63) is 53.6 Å². The van der Waals surface area contributed by atoms with E-state index in [2.05, 4.69) is 27.6 Å². The lowest BCUT2D eigenvalue weighted by molar-refractivity contribution is -0.00143. The fourth-order valence-corrected chi connectivity index (χ4v) is 3.60. The summed E-state index contributed by atoms with van der Waals surface area (Å²) in [5.41, 5.74) is 2.44. The van der Waals surface area contributed by atoms with E-state index in [0.29, 0.717) is 0 Å². The molecule has 1 fully saturated rings. The summed E-state index contributed by atoms with van der Waals surface area (Å²) in [6.45, 7) is 4.37. The van der Waals surface area contributed by atoms with Gasteiger partial charge in [0.25, 0.3) is 5.91 Å². The molecule has 21 heavy (non-hydrogen) atoms. The van der Waals surface area contributed by atoms with Gasteiger partial charge in [-0.25, -0.2) is 0 Å². The molecule has 2 aliphatic rings. The van der Waals surface area contributed by atoms with E-state index in [0.717, 1.165) is 36.6 Å². The Labute approximate surface area is 123 Å². The number of amides is 1. The molecule has 1 atom stereocenters. The van der Waals surface area contributed by atoms with Gasteiger partial charge < -0.3 is 9.47 Å². The molecule has 0 bridgehead atoms. The highest BCUT2D eigenvalue weighted by Crippen LogP contribution is 2.41. The van der Waals surface area contributed by atoms with Crippen molar-refractivity contribution in [3.63, 3.8) is 0 Å². The first-order valence-corrected chi connectivity index (χ1v) is 7.24. The summed E-state index contributed by atoms with van der Waals surface area (Å²) in [6.07, 6.45) is 3.89. The maximum Gasteiger partial charge on any atom is 0.272 e. The van der Waals surface area contributed by atoms with Crippen molar-refractivity contribution in [3.8, 4) is 0 Å². The molecular weight excluding hydrogens is 264 g/mol. The molecule has 0 N–H and O–H groups in total. The average molecular weight is 282 g/mol. The lowest BCUT2D eigenvalue weighted by atomic mass is 9.96. The molecule has 0 aliphatic carbocycles. The molecule has 0 spiro atoms. The van der Waals surface area contributed by atoms with Gasteiger partial charge in [0, 0.05) is 36.7 Å². The second-order valence-electron chi connectivity index (χ2n) is 5.90. The number of nitrogens with zero attached hydrogens (tertiary/aromatic N) is 4. The zero-order chi connectivity index (χ0) is 14.6. The van der Waals surface area contributed by atoms with E-state index in [1.807, 2.05) is 42.4 Å². The summed E-state index contributed by atoms with van der Waals surface area (Å²) in [6, 6.07) is 7.96. The second kappa shape index (κ2) is 4.18. The molecule has 2 aromatic rings. The third-order valence-electron chi connectivity index (χ3n) is 4.80. The lowest BCUT2D eigenvalue weighted by Crippen LogP contribution is -2.57. The van der Waals surface area contributed by atoms with Gasteiger partial charge in [0.05, 0.1) is 6.54 Å². The van der Waals surface area contributed by atoms with E-state index in [4.69, 9.17) is 0 Å². The van der Waals surface area contributed by atoms with Crippen LogP contribution in [-0.4, -0.2) is 45.4 Å². The van der Waals surface area contributed by atoms with E-state index >= 15 is 0 Å². The zero-order valence-corrected chi connectivity index (χ0v) is 12.3. The Hall–Kier alpha value is -2.14. The highest BCUT2D eigenvalue weighted by molar-refractivity contribution is 5.94. The minimum absolute atomic E-state index is 0.108. The van der Waals surface area contributed by atoms with Crippen molar-refractivity contribution < 1.29 is 4.79 Å². The van der Waals surface area contributed by atoms with Crippen molar-refractivity contribution in [2.45, 2.75) is 19.1 Å². The molecule has 1 saturated heterocycles. The van der Waals surface area contributed by atoms with Gasteiger partial charge in [0.1, 0.15) is 11.4 Å². The smallest absolute Gasteiger partial charge is 0.272 e. The minimum Gasteiger partial charge on any atom is -0.339 e. The molecule has 5 heteroatoms. The molecule has 4 rings (SSSR count). The van der Waals surface area contributed by atoms with Gasteiger partial charge in [-0.3, -0.25) is 14.7 Å². The lowest BCUT2D eigenvalue weighted by Gasteiger charge is -2.46. The van der Waals surface area contributed by atoms with Gasteiger partial charge in [-0.05, 0) is 32.2 Å². The number of carbonyl (C=O) groups excluding carboxylic acids is 1. The summed E-state index contributed by atoms with van der Waals surface area (Å²) >= 11 is 0. The number of aromatic nitrogens is 2. The first-order chi connectivity index (χ1) is 10.1. The van der Waals surface area contributed by atoms with Crippen LogP contribution < -0.4 is 0 Å². The van der Waals surface area contributed by atoms with Gasteiger partial charge in [-0.1, -0.05) is 6.07 Å². The highest BCUT2D eigenvalue weighted by Gasteiger charge is 2.52. The Kier molecular flexibility index (Phi) is 2.50. The topological polar surface area (TPSA) is 41.4 Å². The largest absolute Gasteiger partial charge is 0.339 e.